The van der Waals surface area contributed by atoms with E-state index in [9.17, 15) is 9.90 Å². The Bertz CT molecular complexity index is 464. The van der Waals surface area contributed by atoms with E-state index in [1.165, 1.54) is 6.42 Å². The summed E-state index contributed by atoms with van der Waals surface area (Å²) in [5, 5.41) is 10.1. The van der Waals surface area contributed by atoms with Crippen molar-refractivity contribution in [3.8, 4) is 0 Å². The lowest BCUT2D eigenvalue weighted by molar-refractivity contribution is 0.0288. The Morgan fingerprint density at radius 3 is 2.90 bits per heavy atom. The number of nitrogen functional groups attached to an aromatic ring is 1. The van der Waals surface area contributed by atoms with Gasteiger partial charge in [-0.1, -0.05) is 25.0 Å². The van der Waals surface area contributed by atoms with Gasteiger partial charge in [-0.2, -0.15) is 0 Å². The number of benzene rings is 1. The van der Waals surface area contributed by atoms with Crippen molar-refractivity contribution >= 4 is 5.91 Å². The molecule has 2 unspecified atom stereocenters. The molecule has 0 heterocycles. The van der Waals surface area contributed by atoms with Crippen LogP contribution < -0.4 is 11.3 Å². The monoisotopic (exact) mass is 277 g/mol. The lowest BCUT2D eigenvalue weighted by atomic mass is 9.91. The maximum absolute atomic E-state index is 11.5. The topological polar surface area (TPSA) is 78.6 Å². The summed E-state index contributed by atoms with van der Waals surface area (Å²) < 4.78 is 0. The van der Waals surface area contributed by atoms with E-state index in [-0.39, 0.29) is 18.1 Å². The molecular formula is C15H23N3O2. The summed E-state index contributed by atoms with van der Waals surface area (Å²) in [5.41, 5.74) is 3.75. The van der Waals surface area contributed by atoms with Gasteiger partial charge in [0.25, 0.3) is 5.91 Å². The van der Waals surface area contributed by atoms with Crippen LogP contribution in [0, 0.1) is 0 Å². The average Bonchev–Trinajstić information content (AvgIpc) is 2.47. The molecule has 2 rings (SSSR count). The van der Waals surface area contributed by atoms with E-state index in [0.717, 1.165) is 24.8 Å². The van der Waals surface area contributed by atoms with Crippen molar-refractivity contribution in [2.45, 2.75) is 44.4 Å². The van der Waals surface area contributed by atoms with Gasteiger partial charge in [0.05, 0.1) is 6.10 Å². The van der Waals surface area contributed by atoms with Gasteiger partial charge in [-0.15, -0.1) is 0 Å². The third kappa shape index (κ3) is 3.56. The number of carbonyl (C=O) groups is 1. The Morgan fingerprint density at radius 1 is 1.45 bits per heavy atom. The second-order valence-electron chi connectivity index (χ2n) is 5.51. The van der Waals surface area contributed by atoms with Gasteiger partial charge in [-0.05, 0) is 37.6 Å². The second-order valence-corrected chi connectivity index (χ2v) is 5.51. The summed E-state index contributed by atoms with van der Waals surface area (Å²) in [6, 6.07) is 7.62. The molecule has 4 N–H and O–H groups in total. The number of aliphatic hydroxyl groups is 1. The fourth-order valence-electron chi connectivity index (χ4n) is 2.91. The number of carbonyl (C=O) groups excluding carboxylic acids is 1. The Balaban J connectivity index is 2.03. The normalized spacial score (nSPS) is 22.8. The molecule has 0 spiro atoms. The Kier molecular flexibility index (Phi) is 5.11. The van der Waals surface area contributed by atoms with Crippen molar-refractivity contribution < 1.29 is 9.90 Å². The quantitative estimate of drug-likeness (QED) is 0.436. The van der Waals surface area contributed by atoms with Crippen LogP contribution in [0.25, 0.3) is 0 Å². The van der Waals surface area contributed by atoms with E-state index in [0.29, 0.717) is 12.1 Å². The number of aliphatic hydroxyl groups excluding tert-OH is 1. The summed E-state index contributed by atoms with van der Waals surface area (Å²) in [6.07, 6.45) is 3.94. The fourth-order valence-corrected chi connectivity index (χ4v) is 2.91. The lowest BCUT2D eigenvalue weighted by Gasteiger charge is -2.35. The maximum atomic E-state index is 11.5. The molecule has 2 atom stereocenters. The molecule has 1 saturated carbocycles. The number of amides is 1. The summed E-state index contributed by atoms with van der Waals surface area (Å²) >= 11 is 0. The predicted octanol–water partition coefficient (Wildman–Crippen LogP) is 1.03. The van der Waals surface area contributed by atoms with Crippen molar-refractivity contribution in [1.29, 1.82) is 0 Å². The number of likely N-dealkylation sites (N-methyl/N-ethyl adjacent to an activating group) is 1. The van der Waals surface area contributed by atoms with Crippen molar-refractivity contribution in [1.82, 2.24) is 10.3 Å². The molecule has 0 aliphatic heterocycles. The van der Waals surface area contributed by atoms with E-state index in [4.69, 9.17) is 5.84 Å². The first-order valence-electron chi connectivity index (χ1n) is 7.10. The smallest absolute Gasteiger partial charge is 0.265 e. The zero-order valence-electron chi connectivity index (χ0n) is 11.9. The number of hydrogen-bond donors (Lipinski definition) is 3. The van der Waals surface area contributed by atoms with Gasteiger partial charge in [0.1, 0.15) is 0 Å². The summed E-state index contributed by atoms with van der Waals surface area (Å²) in [4.78, 5) is 13.7. The molecule has 1 aliphatic carbocycles. The number of nitrogens with one attached hydrogen (secondary N) is 1. The van der Waals surface area contributed by atoms with E-state index >= 15 is 0 Å². The molecule has 1 aliphatic rings. The van der Waals surface area contributed by atoms with Crippen LogP contribution in [0.1, 0.15) is 41.6 Å². The van der Waals surface area contributed by atoms with Crippen LogP contribution in [0.2, 0.25) is 0 Å². The van der Waals surface area contributed by atoms with E-state index in [2.05, 4.69) is 10.3 Å². The molecule has 1 aromatic rings. The average molecular weight is 277 g/mol. The van der Waals surface area contributed by atoms with Crippen LogP contribution in [0.5, 0.6) is 0 Å². The van der Waals surface area contributed by atoms with E-state index in [1.54, 1.807) is 6.07 Å². The van der Waals surface area contributed by atoms with Crippen LogP contribution in [-0.4, -0.2) is 35.1 Å². The highest BCUT2D eigenvalue weighted by molar-refractivity contribution is 5.93. The van der Waals surface area contributed by atoms with Crippen LogP contribution in [0.3, 0.4) is 0 Å². The Hall–Kier alpha value is -1.43. The third-order valence-corrected chi connectivity index (χ3v) is 4.01. The van der Waals surface area contributed by atoms with Crippen LogP contribution >= 0.6 is 0 Å². The Labute approximate surface area is 119 Å². The number of nitrogens with two attached hydrogens (primary N) is 1. The van der Waals surface area contributed by atoms with Gasteiger partial charge in [0.2, 0.25) is 0 Å². The molecule has 0 aromatic heterocycles. The van der Waals surface area contributed by atoms with E-state index < -0.39 is 0 Å². The van der Waals surface area contributed by atoms with Crippen LogP contribution in [-0.2, 0) is 6.54 Å². The predicted molar refractivity (Wildman–Crippen MR) is 77.8 cm³/mol. The minimum Gasteiger partial charge on any atom is -0.391 e. The summed E-state index contributed by atoms with van der Waals surface area (Å²) in [5.74, 6) is 4.86. The third-order valence-electron chi connectivity index (χ3n) is 4.01. The minimum atomic E-state index is -0.285. The molecule has 0 saturated heterocycles. The molecule has 1 aromatic carbocycles. The summed E-state index contributed by atoms with van der Waals surface area (Å²) in [6.45, 7) is 0.716. The van der Waals surface area contributed by atoms with E-state index in [1.807, 2.05) is 25.2 Å². The van der Waals surface area contributed by atoms with Crippen LogP contribution in [0.4, 0.5) is 0 Å². The van der Waals surface area contributed by atoms with Crippen molar-refractivity contribution in [2.24, 2.45) is 5.84 Å². The van der Waals surface area contributed by atoms with Gasteiger partial charge in [-0.3, -0.25) is 15.1 Å². The highest BCUT2D eigenvalue weighted by Crippen LogP contribution is 2.23. The standard InChI is InChI=1S/C15H23N3O2/c1-18(13-7-2-3-8-14(13)19)10-11-5-4-6-12(9-11)15(20)17-16/h4-6,9,13-14,19H,2-3,7-8,10,16H2,1H3,(H,17,20). The molecule has 1 fully saturated rings. The first kappa shape index (κ1) is 15.0. The first-order chi connectivity index (χ1) is 9.61. The molecule has 1 amide bonds. The number of nitrogens with zero attached hydrogens (tertiary/aromatic N) is 1. The molecule has 5 nitrogen and oxygen atoms in total. The van der Waals surface area contributed by atoms with Gasteiger partial charge >= 0.3 is 0 Å². The highest BCUT2D eigenvalue weighted by Gasteiger charge is 2.26. The maximum Gasteiger partial charge on any atom is 0.265 e. The second kappa shape index (κ2) is 6.83. The fraction of sp³-hybridized carbons (Fsp3) is 0.533. The van der Waals surface area contributed by atoms with Crippen molar-refractivity contribution in [3.05, 3.63) is 35.4 Å². The Morgan fingerprint density at radius 2 is 2.20 bits per heavy atom. The minimum absolute atomic E-state index is 0.204. The lowest BCUT2D eigenvalue weighted by Crippen LogP contribution is -2.42. The van der Waals surface area contributed by atoms with Crippen molar-refractivity contribution in [3.63, 3.8) is 0 Å². The molecule has 0 bridgehead atoms. The largest absolute Gasteiger partial charge is 0.391 e. The first-order valence-corrected chi connectivity index (χ1v) is 7.10. The summed E-state index contributed by atoms with van der Waals surface area (Å²) in [7, 11) is 2.02. The molecule has 5 heteroatoms. The molecule has 0 radical (unpaired) electrons. The molecule has 110 valence electrons. The zero-order chi connectivity index (χ0) is 14.5. The van der Waals surface area contributed by atoms with Gasteiger partial charge in [0, 0.05) is 18.2 Å². The number of hydrazine groups is 1. The van der Waals surface area contributed by atoms with Gasteiger partial charge < -0.3 is 5.11 Å². The highest BCUT2D eigenvalue weighted by atomic mass is 16.3. The number of rotatable bonds is 4. The van der Waals surface area contributed by atoms with Gasteiger partial charge in [0.15, 0.2) is 0 Å². The van der Waals surface area contributed by atoms with Crippen LogP contribution in [0.15, 0.2) is 24.3 Å². The zero-order valence-corrected chi connectivity index (χ0v) is 11.9. The van der Waals surface area contributed by atoms with Crippen molar-refractivity contribution in [2.75, 3.05) is 7.05 Å². The molecular weight excluding hydrogens is 254 g/mol. The molecule has 20 heavy (non-hydrogen) atoms. The number of hydrogen-bond acceptors (Lipinski definition) is 4. The van der Waals surface area contributed by atoms with Gasteiger partial charge in [-0.25, -0.2) is 5.84 Å². The SMILES string of the molecule is CN(Cc1cccc(C(=O)NN)c1)C1CCCCC1O.